The Hall–Kier alpha value is -2.97. The fourth-order valence-corrected chi connectivity index (χ4v) is 0.615. The Morgan fingerprint density at radius 1 is 0.333 bits per heavy atom. The Bertz CT molecular complexity index is 309. The van der Waals surface area contributed by atoms with E-state index in [1.54, 1.807) is 55.4 Å². The average Bonchev–Trinajstić information content (AvgIpc) is 2.54. The van der Waals surface area contributed by atoms with Gasteiger partial charge in [0.2, 0.25) is 0 Å². The SMILES string of the molecule is c1cnnnc1.c1cnnnc1.c1cnnnc1. The number of aromatic nitrogens is 9. The summed E-state index contributed by atoms with van der Waals surface area (Å²) in [5.41, 5.74) is 0. The highest BCUT2D eigenvalue weighted by Gasteiger charge is 1.61. The van der Waals surface area contributed by atoms with Gasteiger partial charge in [-0.2, -0.15) is 0 Å². The molecule has 0 atom stereocenters. The monoisotopic (exact) mass is 243 g/mol. The minimum absolute atomic E-state index is 1.58. The van der Waals surface area contributed by atoms with Crippen LogP contribution in [0.4, 0.5) is 0 Å². The molecule has 0 bridgehead atoms. The van der Waals surface area contributed by atoms with Gasteiger partial charge in [-0.25, -0.2) is 0 Å². The molecule has 0 radical (unpaired) electrons. The molecule has 3 rings (SSSR count). The zero-order valence-electron chi connectivity index (χ0n) is 9.22. The van der Waals surface area contributed by atoms with Crippen LogP contribution in [0.5, 0.6) is 0 Å². The summed E-state index contributed by atoms with van der Waals surface area (Å²) in [6.45, 7) is 0. The lowest BCUT2D eigenvalue weighted by molar-refractivity contribution is 0.865. The predicted octanol–water partition coefficient (Wildman–Crippen LogP) is -0.385. The molecule has 3 aromatic heterocycles. The molecular weight excluding hydrogens is 234 g/mol. The van der Waals surface area contributed by atoms with Gasteiger partial charge in [0.15, 0.2) is 0 Å². The molecule has 90 valence electrons. The molecule has 0 aliphatic heterocycles. The lowest BCUT2D eigenvalue weighted by Crippen LogP contribution is -1.78. The molecule has 0 saturated carbocycles. The third kappa shape index (κ3) is 8.35. The Kier molecular flexibility index (Phi) is 7.67. The summed E-state index contributed by atoms with van der Waals surface area (Å²) in [5, 5.41) is 30.4. The summed E-state index contributed by atoms with van der Waals surface area (Å²) < 4.78 is 0. The zero-order chi connectivity index (χ0) is 12.7. The normalized spacial score (nSPS) is 8.00. The van der Waals surface area contributed by atoms with Gasteiger partial charge in [0.1, 0.15) is 0 Å². The van der Waals surface area contributed by atoms with E-state index in [0.717, 1.165) is 0 Å². The second-order valence-electron chi connectivity index (χ2n) is 2.43. The average molecular weight is 243 g/mol. The summed E-state index contributed by atoms with van der Waals surface area (Å²) in [6.07, 6.45) is 9.46. The van der Waals surface area contributed by atoms with Crippen molar-refractivity contribution in [1.82, 2.24) is 46.2 Å². The van der Waals surface area contributed by atoms with E-state index in [1.165, 1.54) is 0 Å². The van der Waals surface area contributed by atoms with Gasteiger partial charge >= 0.3 is 0 Å². The molecule has 9 heteroatoms. The molecule has 18 heavy (non-hydrogen) atoms. The first-order chi connectivity index (χ1) is 9.00. The molecule has 9 nitrogen and oxygen atoms in total. The zero-order valence-corrected chi connectivity index (χ0v) is 9.22. The summed E-state index contributed by atoms with van der Waals surface area (Å²) in [5.74, 6) is 0. The second kappa shape index (κ2) is 10.5. The van der Waals surface area contributed by atoms with E-state index in [4.69, 9.17) is 0 Å². The van der Waals surface area contributed by atoms with Crippen LogP contribution in [0.25, 0.3) is 0 Å². The molecule has 3 heterocycles. The van der Waals surface area contributed by atoms with Crippen LogP contribution >= 0.6 is 0 Å². The van der Waals surface area contributed by atoms with Crippen molar-refractivity contribution in [3.63, 3.8) is 0 Å². The van der Waals surface area contributed by atoms with Crippen LogP contribution in [-0.4, -0.2) is 46.2 Å². The standard InChI is InChI=1S/3C3H3N3/c3*1-2-4-6-5-3-1/h3*1-3H. The van der Waals surface area contributed by atoms with Crippen LogP contribution in [-0.2, 0) is 0 Å². The third-order valence-electron chi connectivity index (χ3n) is 1.23. The predicted molar refractivity (Wildman–Crippen MR) is 59.5 cm³/mol. The molecule has 0 saturated heterocycles. The highest BCUT2D eigenvalue weighted by atomic mass is 15.3. The summed E-state index contributed by atoms with van der Waals surface area (Å²) >= 11 is 0. The van der Waals surface area contributed by atoms with Crippen molar-refractivity contribution in [2.45, 2.75) is 0 Å². The van der Waals surface area contributed by atoms with Gasteiger partial charge in [0, 0.05) is 0 Å². The fourth-order valence-electron chi connectivity index (χ4n) is 0.615. The van der Waals surface area contributed by atoms with Crippen LogP contribution in [0.15, 0.2) is 55.4 Å². The minimum atomic E-state index is 1.58. The van der Waals surface area contributed by atoms with E-state index >= 15 is 0 Å². The Balaban J connectivity index is 0.000000135. The topological polar surface area (TPSA) is 116 Å². The van der Waals surface area contributed by atoms with Gasteiger partial charge in [-0.15, -0.1) is 30.6 Å². The molecule has 0 spiro atoms. The van der Waals surface area contributed by atoms with Gasteiger partial charge in [-0.05, 0) is 33.8 Å². The molecule has 0 amide bonds. The molecule has 0 fully saturated rings. The van der Waals surface area contributed by atoms with Crippen molar-refractivity contribution in [3.05, 3.63) is 55.4 Å². The maximum atomic E-state index is 3.42. The molecule has 0 aliphatic rings. The van der Waals surface area contributed by atoms with E-state index in [-0.39, 0.29) is 0 Å². The van der Waals surface area contributed by atoms with Crippen molar-refractivity contribution in [1.29, 1.82) is 0 Å². The van der Waals surface area contributed by atoms with E-state index in [9.17, 15) is 0 Å². The third-order valence-corrected chi connectivity index (χ3v) is 1.23. The Morgan fingerprint density at radius 2 is 0.556 bits per heavy atom. The quantitative estimate of drug-likeness (QED) is 0.520. The Labute approximate surface area is 102 Å². The maximum absolute atomic E-state index is 3.42. The Morgan fingerprint density at radius 3 is 0.611 bits per heavy atom. The van der Waals surface area contributed by atoms with Gasteiger partial charge in [0.05, 0.1) is 37.2 Å². The van der Waals surface area contributed by atoms with E-state index < -0.39 is 0 Å². The molecule has 3 aromatic rings. The van der Waals surface area contributed by atoms with E-state index in [2.05, 4.69) is 46.2 Å². The maximum Gasteiger partial charge on any atom is 0.0529 e. The first-order valence-corrected chi connectivity index (χ1v) is 4.75. The van der Waals surface area contributed by atoms with Crippen LogP contribution in [0, 0.1) is 0 Å². The van der Waals surface area contributed by atoms with Crippen molar-refractivity contribution in [3.8, 4) is 0 Å². The van der Waals surface area contributed by atoms with Gasteiger partial charge in [0.25, 0.3) is 0 Å². The highest BCUT2D eigenvalue weighted by Crippen LogP contribution is 1.62. The van der Waals surface area contributed by atoms with Crippen LogP contribution in [0.2, 0.25) is 0 Å². The van der Waals surface area contributed by atoms with Crippen LogP contribution in [0.1, 0.15) is 0 Å². The molecule has 0 unspecified atom stereocenters. The van der Waals surface area contributed by atoms with Crippen molar-refractivity contribution < 1.29 is 0 Å². The first-order valence-electron chi connectivity index (χ1n) is 4.75. The number of hydrogen-bond donors (Lipinski definition) is 0. The van der Waals surface area contributed by atoms with Crippen molar-refractivity contribution in [2.24, 2.45) is 0 Å². The van der Waals surface area contributed by atoms with Gasteiger partial charge in [-0.3, -0.25) is 0 Å². The van der Waals surface area contributed by atoms with E-state index in [1.807, 2.05) is 0 Å². The molecule has 0 aliphatic carbocycles. The highest BCUT2D eigenvalue weighted by molar-refractivity contribution is 4.70. The lowest BCUT2D eigenvalue weighted by Gasteiger charge is -1.68. The summed E-state index contributed by atoms with van der Waals surface area (Å²) in [7, 11) is 0. The molecule has 0 aromatic carbocycles. The summed E-state index contributed by atoms with van der Waals surface area (Å²) in [4.78, 5) is 0. The van der Waals surface area contributed by atoms with Crippen molar-refractivity contribution >= 4 is 0 Å². The van der Waals surface area contributed by atoms with Crippen LogP contribution in [0.3, 0.4) is 0 Å². The van der Waals surface area contributed by atoms with Crippen LogP contribution < -0.4 is 0 Å². The fraction of sp³-hybridized carbons (Fsp3) is 0. The number of rotatable bonds is 0. The molecule has 0 N–H and O–H groups in total. The molecular formula is C9H9N9. The largest absolute Gasteiger partial charge is 0.139 e. The van der Waals surface area contributed by atoms with Gasteiger partial charge in [-0.1, -0.05) is 0 Å². The number of nitrogens with zero attached hydrogens (tertiary/aromatic N) is 9. The smallest absolute Gasteiger partial charge is 0.0529 e. The number of hydrogen-bond acceptors (Lipinski definition) is 9. The first kappa shape index (κ1) is 13.1. The van der Waals surface area contributed by atoms with Crippen molar-refractivity contribution in [2.75, 3.05) is 0 Å². The van der Waals surface area contributed by atoms with E-state index in [0.29, 0.717) is 0 Å². The lowest BCUT2D eigenvalue weighted by atomic mass is 10.7. The minimum Gasteiger partial charge on any atom is -0.139 e. The van der Waals surface area contributed by atoms with Gasteiger partial charge < -0.3 is 0 Å². The summed E-state index contributed by atoms with van der Waals surface area (Å²) in [6, 6.07) is 5.15. The second-order valence-corrected chi connectivity index (χ2v) is 2.43.